The molecule has 0 aromatic carbocycles. The molecule has 0 aliphatic carbocycles. The van der Waals surface area contributed by atoms with Crippen LogP contribution in [-0.4, -0.2) is 48.4 Å². The van der Waals surface area contributed by atoms with E-state index in [1.54, 1.807) is 4.68 Å². The van der Waals surface area contributed by atoms with Gasteiger partial charge in [0.15, 0.2) is 0 Å². The maximum absolute atomic E-state index is 8.65. The summed E-state index contributed by atoms with van der Waals surface area (Å²) in [6.07, 6.45) is 0. The number of hydrogen-bond acceptors (Lipinski definition) is 7. The smallest absolute Gasteiger partial charge is 0.289 e. The number of nitrogens with zero attached hydrogens (tertiary/aromatic N) is 6. The maximum atomic E-state index is 8.65. The lowest BCUT2D eigenvalue weighted by Crippen LogP contribution is -2.13. The topological polar surface area (TPSA) is 102 Å². The molecule has 2 heterocycles. The minimum absolute atomic E-state index is 0.00445. The fourth-order valence-corrected chi connectivity index (χ4v) is 1.61. The van der Waals surface area contributed by atoms with Crippen LogP contribution < -0.4 is 5.32 Å². The third kappa shape index (κ3) is 2.46. The first-order valence-corrected chi connectivity index (χ1v) is 6.07. The Morgan fingerprint density at radius 2 is 1.89 bits per heavy atom. The van der Waals surface area contributed by atoms with Crippen LogP contribution in [0.5, 0.6) is 0 Å². The molecule has 0 amide bonds. The summed E-state index contributed by atoms with van der Waals surface area (Å²) in [5.74, 6) is 0.573. The molecule has 2 N–H and O–H groups in total. The molecule has 9 heteroatoms. The van der Waals surface area contributed by atoms with Crippen molar-refractivity contribution in [3.05, 3.63) is 15.9 Å². The van der Waals surface area contributed by atoms with E-state index in [1.807, 2.05) is 13.8 Å². The summed E-state index contributed by atoms with van der Waals surface area (Å²) in [6.45, 7) is 4.13. The second kappa shape index (κ2) is 5.36. The molecule has 0 atom stereocenters. The molecular formula is C9H12BrN7O. The van der Waals surface area contributed by atoms with Crippen molar-refractivity contribution in [1.29, 1.82) is 0 Å². The van der Waals surface area contributed by atoms with Crippen LogP contribution in [-0.2, 0) is 0 Å². The van der Waals surface area contributed by atoms with E-state index in [9.17, 15) is 0 Å². The van der Waals surface area contributed by atoms with E-state index in [0.29, 0.717) is 12.5 Å². The molecule has 0 spiro atoms. The lowest BCUT2D eigenvalue weighted by Gasteiger charge is -2.02. The standard InChI is InChI=1S/C9H12BrN7O/c1-5-7(10)6(2)17(16-5)9-14-12-8(13-15-9)11-3-4-18/h18H,3-4H2,1-2H3,(H,11,12,13). The Morgan fingerprint density at radius 3 is 2.39 bits per heavy atom. The SMILES string of the molecule is Cc1nn(-c2nnc(NCCO)nn2)c(C)c1Br. The Morgan fingerprint density at radius 1 is 1.22 bits per heavy atom. The Hall–Kier alpha value is -1.61. The van der Waals surface area contributed by atoms with Crippen LogP contribution in [0.4, 0.5) is 5.95 Å². The van der Waals surface area contributed by atoms with E-state index >= 15 is 0 Å². The van der Waals surface area contributed by atoms with Crippen molar-refractivity contribution in [2.24, 2.45) is 0 Å². The molecule has 0 saturated carbocycles. The van der Waals surface area contributed by atoms with Gasteiger partial charge in [-0.05, 0) is 29.8 Å². The van der Waals surface area contributed by atoms with Crippen molar-refractivity contribution in [3.8, 4) is 5.95 Å². The third-order valence-electron chi connectivity index (χ3n) is 2.26. The largest absolute Gasteiger partial charge is 0.395 e. The van der Waals surface area contributed by atoms with Crippen molar-refractivity contribution in [2.45, 2.75) is 13.8 Å². The van der Waals surface area contributed by atoms with Crippen LogP contribution in [0.1, 0.15) is 11.4 Å². The van der Waals surface area contributed by atoms with Gasteiger partial charge in [0.05, 0.1) is 22.5 Å². The minimum atomic E-state index is -0.00445. The summed E-state index contributed by atoms with van der Waals surface area (Å²) >= 11 is 3.43. The van der Waals surface area contributed by atoms with Gasteiger partial charge in [0.2, 0.25) is 0 Å². The van der Waals surface area contributed by atoms with Gasteiger partial charge in [0.1, 0.15) is 0 Å². The molecule has 0 aliphatic rings. The first kappa shape index (κ1) is 12.8. The molecule has 0 bridgehead atoms. The summed E-state index contributed by atoms with van der Waals surface area (Å²) in [5, 5.41) is 31.3. The highest BCUT2D eigenvalue weighted by molar-refractivity contribution is 9.10. The molecule has 96 valence electrons. The molecule has 18 heavy (non-hydrogen) atoms. The monoisotopic (exact) mass is 313 g/mol. The van der Waals surface area contributed by atoms with Gasteiger partial charge < -0.3 is 10.4 Å². The Labute approximate surface area is 112 Å². The van der Waals surface area contributed by atoms with Crippen molar-refractivity contribution in [1.82, 2.24) is 30.2 Å². The molecule has 0 radical (unpaired) electrons. The molecule has 0 aliphatic heterocycles. The zero-order chi connectivity index (χ0) is 13.1. The molecule has 0 saturated heterocycles. The second-order valence-electron chi connectivity index (χ2n) is 3.57. The number of hydrogen-bond donors (Lipinski definition) is 2. The summed E-state index contributed by atoms with van der Waals surface area (Å²) in [7, 11) is 0. The summed E-state index contributed by atoms with van der Waals surface area (Å²) < 4.78 is 2.48. The number of aromatic nitrogens is 6. The highest BCUT2D eigenvalue weighted by Crippen LogP contribution is 2.21. The number of nitrogens with one attached hydrogen (secondary N) is 1. The zero-order valence-corrected chi connectivity index (χ0v) is 11.5. The maximum Gasteiger partial charge on any atom is 0.289 e. The highest BCUT2D eigenvalue weighted by atomic mass is 79.9. The molecular weight excluding hydrogens is 302 g/mol. The number of aliphatic hydroxyl groups excluding tert-OH is 1. The van der Waals surface area contributed by atoms with Gasteiger partial charge in [0, 0.05) is 6.54 Å². The van der Waals surface area contributed by atoms with Crippen molar-refractivity contribution in [2.75, 3.05) is 18.5 Å². The predicted molar refractivity (Wildman–Crippen MR) is 67.5 cm³/mol. The van der Waals surface area contributed by atoms with E-state index in [1.165, 1.54) is 0 Å². The van der Waals surface area contributed by atoms with Gasteiger partial charge in [-0.15, -0.1) is 20.4 Å². The molecule has 0 unspecified atom stereocenters. The van der Waals surface area contributed by atoms with Gasteiger partial charge in [-0.1, -0.05) is 0 Å². The number of aryl methyl sites for hydroxylation is 1. The van der Waals surface area contributed by atoms with Crippen LogP contribution in [0, 0.1) is 13.8 Å². The molecule has 2 aromatic rings. The van der Waals surface area contributed by atoms with Gasteiger partial charge in [-0.2, -0.15) is 9.78 Å². The Balaban J connectivity index is 2.26. The molecule has 0 fully saturated rings. The summed E-state index contributed by atoms with van der Waals surface area (Å²) in [4.78, 5) is 0. The van der Waals surface area contributed by atoms with Crippen LogP contribution in [0.15, 0.2) is 4.47 Å². The first-order valence-electron chi connectivity index (χ1n) is 5.27. The van der Waals surface area contributed by atoms with Crippen molar-refractivity contribution >= 4 is 21.9 Å². The summed E-state index contributed by atoms with van der Waals surface area (Å²) in [5.41, 5.74) is 1.73. The molecule has 2 aromatic heterocycles. The number of rotatable bonds is 4. The zero-order valence-electron chi connectivity index (χ0n) is 9.92. The van der Waals surface area contributed by atoms with Crippen LogP contribution in [0.25, 0.3) is 5.95 Å². The van der Waals surface area contributed by atoms with E-state index in [-0.39, 0.29) is 12.6 Å². The lowest BCUT2D eigenvalue weighted by atomic mass is 10.4. The van der Waals surface area contributed by atoms with Gasteiger partial charge >= 0.3 is 0 Å². The van der Waals surface area contributed by atoms with Crippen LogP contribution in [0.2, 0.25) is 0 Å². The number of halogens is 1. The van der Waals surface area contributed by atoms with E-state index in [0.717, 1.165) is 15.9 Å². The Kier molecular flexibility index (Phi) is 3.82. The predicted octanol–water partition coefficient (Wildman–Crippen LogP) is 0.236. The fraction of sp³-hybridized carbons (Fsp3) is 0.444. The number of aliphatic hydroxyl groups is 1. The van der Waals surface area contributed by atoms with E-state index in [4.69, 9.17) is 5.11 Å². The second-order valence-corrected chi connectivity index (χ2v) is 4.36. The average Bonchev–Trinajstić information content (AvgIpc) is 2.65. The van der Waals surface area contributed by atoms with Crippen LogP contribution in [0.3, 0.4) is 0 Å². The normalized spacial score (nSPS) is 10.7. The molecule has 8 nitrogen and oxygen atoms in total. The quantitative estimate of drug-likeness (QED) is 0.833. The van der Waals surface area contributed by atoms with Gasteiger partial charge in [-0.3, -0.25) is 0 Å². The van der Waals surface area contributed by atoms with E-state index < -0.39 is 0 Å². The van der Waals surface area contributed by atoms with Crippen molar-refractivity contribution in [3.63, 3.8) is 0 Å². The third-order valence-corrected chi connectivity index (χ3v) is 3.40. The average molecular weight is 314 g/mol. The highest BCUT2D eigenvalue weighted by Gasteiger charge is 2.13. The van der Waals surface area contributed by atoms with E-state index in [2.05, 4.69) is 46.7 Å². The van der Waals surface area contributed by atoms with Gasteiger partial charge in [0.25, 0.3) is 11.9 Å². The van der Waals surface area contributed by atoms with Crippen LogP contribution >= 0.6 is 15.9 Å². The first-order chi connectivity index (χ1) is 8.63. The Bertz CT molecular complexity index is 539. The fourth-order valence-electron chi connectivity index (χ4n) is 1.37. The summed E-state index contributed by atoms with van der Waals surface area (Å²) in [6, 6.07) is 0. The minimum Gasteiger partial charge on any atom is -0.395 e. The van der Waals surface area contributed by atoms with Crippen molar-refractivity contribution < 1.29 is 5.11 Å². The molecule has 2 rings (SSSR count). The van der Waals surface area contributed by atoms with Gasteiger partial charge in [-0.25, -0.2) is 0 Å². The lowest BCUT2D eigenvalue weighted by molar-refractivity contribution is 0.310. The number of anilines is 1.